The smallest absolute Gasteiger partial charge is 0.222 e. The number of nitrogens with one attached hydrogen (secondary N) is 1. The van der Waals surface area contributed by atoms with Crippen molar-refractivity contribution in [1.29, 1.82) is 0 Å². The van der Waals surface area contributed by atoms with E-state index in [4.69, 9.17) is 0 Å². The van der Waals surface area contributed by atoms with Crippen LogP contribution in [0.3, 0.4) is 0 Å². The van der Waals surface area contributed by atoms with Crippen LogP contribution in [-0.2, 0) is 11.3 Å². The van der Waals surface area contributed by atoms with E-state index < -0.39 is 0 Å². The van der Waals surface area contributed by atoms with Gasteiger partial charge < -0.3 is 9.88 Å². The highest BCUT2D eigenvalue weighted by Crippen LogP contribution is 2.44. The Labute approximate surface area is 164 Å². The summed E-state index contributed by atoms with van der Waals surface area (Å²) in [5, 5.41) is 7.63. The molecule has 4 rings (SSSR count). The molecule has 0 saturated heterocycles. The first-order valence-corrected chi connectivity index (χ1v) is 9.85. The number of imidazole rings is 1. The van der Waals surface area contributed by atoms with E-state index >= 15 is 0 Å². The van der Waals surface area contributed by atoms with Crippen molar-refractivity contribution >= 4 is 5.91 Å². The Morgan fingerprint density at radius 2 is 2.07 bits per heavy atom. The third-order valence-corrected chi connectivity index (χ3v) is 5.30. The Balaban J connectivity index is 1.36. The highest BCUT2D eigenvalue weighted by molar-refractivity contribution is 5.76. The van der Waals surface area contributed by atoms with E-state index in [0.717, 1.165) is 11.4 Å². The lowest BCUT2D eigenvalue weighted by atomic mass is 10.1. The Hall–Kier alpha value is -2.96. The van der Waals surface area contributed by atoms with E-state index in [1.807, 2.05) is 55.3 Å². The molecule has 146 valence electrons. The molecule has 0 bridgehead atoms. The fourth-order valence-electron chi connectivity index (χ4n) is 3.71. The van der Waals surface area contributed by atoms with Crippen LogP contribution in [0.1, 0.15) is 49.7 Å². The molecule has 0 spiro atoms. The van der Waals surface area contributed by atoms with Crippen LogP contribution in [0.5, 0.6) is 0 Å². The number of nitrogens with zero attached hydrogens (tertiary/aromatic N) is 5. The number of carbonyl (C=O) groups is 1. The molecule has 3 aromatic rings. The molecule has 0 unspecified atom stereocenters. The molecule has 0 aliphatic heterocycles. The largest absolute Gasteiger partial charge is 0.354 e. The predicted octanol–water partition coefficient (Wildman–Crippen LogP) is 3.09. The van der Waals surface area contributed by atoms with Gasteiger partial charge in [-0.15, -0.1) is 0 Å². The van der Waals surface area contributed by atoms with Gasteiger partial charge in [0.15, 0.2) is 0 Å². The molecule has 1 amide bonds. The van der Waals surface area contributed by atoms with Crippen molar-refractivity contribution in [3.05, 3.63) is 54.6 Å². The summed E-state index contributed by atoms with van der Waals surface area (Å²) in [5.41, 5.74) is 3.61. The summed E-state index contributed by atoms with van der Waals surface area (Å²) in [6.07, 6.45) is 12.1. The highest BCUT2D eigenvalue weighted by atomic mass is 16.1. The molecule has 1 N–H and O–H groups in total. The average Bonchev–Trinajstić information content (AvgIpc) is 3.30. The molecule has 3 heterocycles. The van der Waals surface area contributed by atoms with Gasteiger partial charge in [0.05, 0.1) is 12.7 Å². The number of amides is 1. The van der Waals surface area contributed by atoms with E-state index in [9.17, 15) is 4.79 Å². The molecule has 28 heavy (non-hydrogen) atoms. The van der Waals surface area contributed by atoms with E-state index in [2.05, 4.69) is 25.1 Å². The summed E-state index contributed by atoms with van der Waals surface area (Å²) in [4.78, 5) is 20.7. The van der Waals surface area contributed by atoms with Crippen LogP contribution in [0.4, 0.5) is 0 Å². The standard InChI is InChI=1S/C21H26N6O/c1-15(26-11-9-23-16(26)2)13-20(28)24-10-12-27-21(18-3-4-18)19(14-25-27)17-5-7-22-8-6-17/h5-9,11,14-15,18H,3-4,10,12-13H2,1-2H3,(H,24,28)/t15-/m1/s1. The third-order valence-electron chi connectivity index (χ3n) is 5.30. The summed E-state index contributed by atoms with van der Waals surface area (Å²) < 4.78 is 4.08. The number of pyridine rings is 1. The number of rotatable bonds is 8. The van der Waals surface area contributed by atoms with Gasteiger partial charge in [0, 0.05) is 61.0 Å². The molecule has 1 saturated carbocycles. The summed E-state index contributed by atoms with van der Waals surface area (Å²) in [7, 11) is 0. The van der Waals surface area contributed by atoms with Gasteiger partial charge in [0.1, 0.15) is 5.82 Å². The monoisotopic (exact) mass is 378 g/mol. The lowest BCUT2D eigenvalue weighted by Gasteiger charge is -2.15. The highest BCUT2D eigenvalue weighted by Gasteiger charge is 2.30. The van der Waals surface area contributed by atoms with Gasteiger partial charge in [-0.1, -0.05) is 0 Å². The minimum atomic E-state index is 0.0510. The lowest BCUT2D eigenvalue weighted by Crippen LogP contribution is -2.29. The van der Waals surface area contributed by atoms with Crippen molar-refractivity contribution in [2.75, 3.05) is 6.54 Å². The maximum Gasteiger partial charge on any atom is 0.222 e. The van der Waals surface area contributed by atoms with Gasteiger partial charge in [0.25, 0.3) is 0 Å². The van der Waals surface area contributed by atoms with Crippen LogP contribution in [-0.4, -0.2) is 36.8 Å². The summed E-state index contributed by atoms with van der Waals surface area (Å²) >= 11 is 0. The Morgan fingerprint density at radius 3 is 2.75 bits per heavy atom. The van der Waals surface area contributed by atoms with Crippen LogP contribution >= 0.6 is 0 Å². The summed E-state index contributed by atoms with van der Waals surface area (Å²) in [6.45, 7) is 5.24. The normalized spacial score (nSPS) is 14.8. The fourth-order valence-corrected chi connectivity index (χ4v) is 3.71. The van der Waals surface area contributed by atoms with Crippen molar-refractivity contribution < 1.29 is 4.79 Å². The van der Waals surface area contributed by atoms with Crippen LogP contribution in [0.2, 0.25) is 0 Å². The molecule has 1 atom stereocenters. The Kier molecular flexibility index (Phi) is 5.23. The zero-order chi connectivity index (χ0) is 19.5. The van der Waals surface area contributed by atoms with E-state index in [1.54, 1.807) is 6.20 Å². The maximum absolute atomic E-state index is 12.3. The van der Waals surface area contributed by atoms with Crippen molar-refractivity contribution in [2.24, 2.45) is 0 Å². The minimum Gasteiger partial charge on any atom is -0.354 e. The lowest BCUT2D eigenvalue weighted by molar-refractivity contribution is -0.121. The molecule has 3 aromatic heterocycles. The van der Waals surface area contributed by atoms with Crippen molar-refractivity contribution in [3.63, 3.8) is 0 Å². The number of aryl methyl sites for hydroxylation is 1. The number of hydrogen-bond donors (Lipinski definition) is 1. The second-order valence-corrected chi connectivity index (χ2v) is 7.46. The van der Waals surface area contributed by atoms with Crippen molar-refractivity contribution in [1.82, 2.24) is 29.6 Å². The Bertz CT molecular complexity index is 941. The van der Waals surface area contributed by atoms with Crippen LogP contribution in [0.25, 0.3) is 11.1 Å². The number of hydrogen-bond acceptors (Lipinski definition) is 4. The van der Waals surface area contributed by atoms with Crippen LogP contribution < -0.4 is 5.32 Å². The van der Waals surface area contributed by atoms with E-state index in [1.165, 1.54) is 24.1 Å². The molecular weight excluding hydrogens is 352 g/mol. The molecule has 0 aromatic carbocycles. The number of aromatic nitrogens is 5. The molecule has 1 aliphatic rings. The van der Waals surface area contributed by atoms with E-state index in [0.29, 0.717) is 25.4 Å². The second-order valence-electron chi connectivity index (χ2n) is 7.46. The first-order chi connectivity index (χ1) is 13.6. The molecule has 1 fully saturated rings. The van der Waals surface area contributed by atoms with Crippen LogP contribution in [0.15, 0.2) is 43.1 Å². The van der Waals surface area contributed by atoms with Gasteiger partial charge in [-0.2, -0.15) is 5.10 Å². The van der Waals surface area contributed by atoms with Gasteiger partial charge in [-0.25, -0.2) is 4.98 Å². The van der Waals surface area contributed by atoms with Gasteiger partial charge in [-0.05, 0) is 44.4 Å². The quantitative estimate of drug-likeness (QED) is 0.653. The van der Waals surface area contributed by atoms with Gasteiger partial charge in [-0.3, -0.25) is 14.5 Å². The molecule has 7 heteroatoms. The SMILES string of the molecule is Cc1nccn1[C@H](C)CC(=O)NCCn1ncc(-c2ccncc2)c1C1CC1. The molecular formula is C21H26N6O. The van der Waals surface area contributed by atoms with E-state index in [-0.39, 0.29) is 11.9 Å². The second kappa shape index (κ2) is 7.96. The number of carbonyl (C=O) groups excluding carboxylic acids is 1. The molecule has 7 nitrogen and oxygen atoms in total. The van der Waals surface area contributed by atoms with Crippen molar-refractivity contribution in [3.8, 4) is 11.1 Å². The summed E-state index contributed by atoms with van der Waals surface area (Å²) in [6, 6.07) is 4.13. The molecule has 0 radical (unpaired) electrons. The minimum absolute atomic E-state index is 0.0510. The predicted molar refractivity (Wildman–Crippen MR) is 107 cm³/mol. The van der Waals surface area contributed by atoms with Gasteiger partial charge >= 0.3 is 0 Å². The zero-order valence-corrected chi connectivity index (χ0v) is 16.4. The van der Waals surface area contributed by atoms with Gasteiger partial charge in [0.2, 0.25) is 5.91 Å². The molecule has 1 aliphatic carbocycles. The van der Waals surface area contributed by atoms with Crippen LogP contribution in [0, 0.1) is 6.92 Å². The topological polar surface area (TPSA) is 77.6 Å². The Morgan fingerprint density at radius 1 is 1.29 bits per heavy atom. The first-order valence-electron chi connectivity index (χ1n) is 9.85. The van der Waals surface area contributed by atoms with Crippen molar-refractivity contribution in [2.45, 2.75) is 51.6 Å². The third kappa shape index (κ3) is 3.98. The maximum atomic E-state index is 12.3. The average molecular weight is 378 g/mol. The summed E-state index contributed by atoms with van der Waals surface area (Å²) in [5.74, 6) is 1.55. The zero-order valence-electron chi connectivity index (χ0n) is 16.4. The first kappa shape index (κ1) is 18.4. The fraction of sp³-hybridized carbons (Fsp3) is 0.429.